The molecule has 24 heavy (non-hydrogen) atoms. The van der Waals surface area contributed by atoms with Crippen molar-refractivity contribution in [2.75, 3.05) is 19.7 Å². The van der Waals surface area contributed by atoms with Crippen molar-refractivity contribution >= 4 is 23.8 Å². The largest absolute Gasteiger partial charge is 0.500 e. The molecule has 1 aromatic carbocycles. The van der Waals surface area contributed by atoms with E-state index in [2.05, 4.69) is 5.10 Å². The number of ether oxygens (including phenoxy) is 1. The van der Waals surface area contributed by atoms with Gasteiger partial charge in [-0.15, -0.1) is 0 Å². The fourth-order valence-corrected chi connectivity index (χ4v) is 1.69. The second kappa shape index (κ2) is 8.31. The Bertz CT molecular complexity index is 657. The minimum absolute atomic E-state index is 0.128. The van der Waals surface area contributed by atoms with Gasteiger partial charge in [-0.05, 0) is 13.0 Å². The van der Waals surface area contributed by atoms with E-state index >= 15 is 0 Å². The van der Waals surface area contributed by atoms with Gasteiger partial charge in [-0.25, -0.2) is 0 Å². The summed E-state index contributed by atoms with van der Waals surface area (Å²) < 4.78 is 5.09. The lowest BCUT2D eigenvalue weighted by atomic mass is 10.2. The van der Waals surface area contributed by atoms with Gasteiger partial charge in [0.25, 0.3) is 0 Å². The van der Waals surface area contributed by atoms with Crippen molar-refractivity contribution in [3.63, 3.8) is 0 Å². The molecule has 0 aliphatic rings. The molecule has 0 saturated heterocycles. The van der Waals surface area contributed by atoms with Gasteiger partial charge < -0.3 is 20.1 Å². The third-order valence-electron chi connectivity index (χ3n) is 2.58. The maximum Gasteiger partial charge on any atom is 0.324 e. The molecule has 11 nitrogen and oxygen atoms in total. The van der Waals surface area contributed by atoms with E-state index in [1.54, 1.807) is 6.92 Å². The predicted molar refractivity (Wildman–Crippen MR) is 80.4 cm³/mol. The molecule has 11 heteroatoms. The van der Waals surface area contributed by atoms with Gasteiger partial charge in [-0.2, -0.15) is 5.10 Å². The second-order valence-corrected chi connectivity index (χ2v) is 4.43. The molecule has 130 valence electrons. The van der Waals surface area contributed by atoms with Gasteiger partial charge in [-0.3, -0.25) is 24.7 Å². The molecule has 0 aliphatic heterocycles. The number of nitro benzene ring substituents is 1. The van der Waals surface area contributed by atoms with Crippen molar-refractivity contribution in [2.24, 2.45) is 5.10 Å². The van der Waals surface area contributed by atoms with Crippen LogP contribution in [0.1, 0.15) is 12.5 Å². The van der Waals surface area contributed by atoms with Gasteiger partial charge in [0.2, 0.25) is 5.75 Å². The number of hydrogen-bond acceptors (Lipinski definition) is 8. The van der Waals surface area contributed by atoms with Crippen molar-refractivity contribution < 1.29 is 34.6 Å². The maximum atomic E-state index is 10.9. The van der Waals surface area contributed by atoms with Crippen LogP contribution in [-0.4, -0.2) is 63.1 Å². The lowest BCUT2D eigenvalue weighted by Crippen LogP contribution is -2.30. The van der Waals surface area contributed by atoms with Crippen molar-refractivity contribution in [3.8, 4) is 11.5 Å². The van der Waals surface area contributed by atoms with E-state index < -0.39 is 41.4 Å². The van der Waals surface area contributed by atoms with Crippen LogP contribution >= 0.6 is 0 Å². The number of phenols is 1. The fourth-order valence-electron chi connectivity index (χ4n) is 1.69. The molecule has 0 unspecified atom stereocenters. The highest BCUT2D eigenvalue weighted by Gasteiger charge is 2.20. The molecular formula is C13H15N3O8. The number of rotatable bonds is 9. The van der Waals surface area contributed by atoms with E-state index in [1.807, 2.05) is 0 Å². The quantitative estimate of drug-likeness (QED) is 0.330. The molecule has 0 saturated carbocycles. The molecule has 0 fully saturated rings. The second-order valence-electron chi connectivity index (χ2n) is 4.43. The van der Waals surface area contributed by atoms with Gasteiger partial charge in [0.1, 0.15) is 13.1 Å². The highest BCUT2D eigenvalue weighted by Crippen LogP contribution is 2.36. The number of carbonyl (C=O) groups is 2. The third kappa shape index (κ3) is 5.44. The topological polar surface area (TPSA) is 163 Å². The lowest BCUT2D eigenvalue weighted by molar-refractivity contribution is -0.386. The van der Waals surface area contributed by atoms with Crippen LogP contribution in [0.5, 0.6) is 11.5 Å². The van der Waals surface area contributed by atoms with Gasteiger partial charge in [0.15, 0.2) is 5.75 Å². The first kappa shape index (κ1) is 18.7. The molecule has 0 amide bonds. The Morgan fingerprint density at radius 2 is 1.92 bits per heavy atom. The van der Waals surface area contributed by atoms with Crippen molar-refractivity contribution in [1.82, 2.24) is 5.01 Å². The van der Waals surface area contributed by atoms with Crippen LogP contribution < -0.4 is 4.74 Å². The molecule has 0 atom stereocenters. The minimum atomic E-state index is -1.29. The molecular weight excluding hydrogens is 326 g/mol. The van der Waals surface area contributed by atoms with Crippen LogP contribution in [0.15, 0.2) is 17.2 Å². The Hall–Kier alpha value is -3.37. The summed E-state index contributed by atoms with van der Waals surface area (Å²) in [4.78, 5) is 31.5. The highest BCUT2D eigenvalue weighted by atomic mass is 16.6. The molecule has 3 N–H and O–H groups in total. The molecule has 1 aromatic rings. The molecule has 0 spiro atoms. The van der Waals surface area contributed by atoms with Gasteiger partial charge in [0, 0.05) is 11.6 Å². The van der Waals surface area contributed by atoms with Gasteiger partial charge in [-0.1, -0.05) is 0 Å². The fraction of sp³-hybridized carbons (Fsp3) is 0.308. The molecule has 0 aromatic heterocycles. The van der Waals surface area contributed by atoms with Crippen molar-refractivity contribution in [1.29, 1.82) is 0 Å². The van der Waals surface area contributed by atoms with Crippen LogP contribution in [-0.2, 0) is 9.59 Å². The van der Waals surface area contributed by atoms with Crippen LogP contribution in [0.25, 0.3) is 0 Å². The van der Waals surface area contributed by atoms with Gasteiger partial charge >= 0.3 is 17.6 Å². The summed E-state index contributed by atoms with van der Waals surface area (Å²) in [5.41, 5.74) is -0.492. The summed E-state index contributed by atoms with van der Waals surface area (Å²) in [6, 6.07) is 2.26. The van der Waals surface area contributed by atoms with Crippen LogP contribution in [0, 0.1) is 10.1 Å². The Morgan fingerprint density at radius 1 is 1.33 bits per heavy atom. The van der Waals surface area contributed by atoms with Crippen LogP contribution in [0.4, 0.5) is 5.69 Å². The molecule has 1 rings (SSSR count). The number of nitro groups is 1. The number of hydrazone groups is 1. The third-order valence-corrected chi connectivity index (χ3v) is 2.58. The molecule has 0 aliphatic carbocycles. The minimum Gasteiger partial charge on any atom is -0.500 e. The van der Waals surface area contributed by atoms with E-state index in [-0.39, 0.29) is 17.9 Å². The summed E-state index contributed by atoms with van der Waals surface area (Å²) in [5.74, 6) is -3.37. The van der Waals surface area contributed by atoms with E-state index in [0.29, 0.717) is 0 Å². The van der Waals surface area contributed by atoms with E-state index in [4.69, 9.17) is 14.9 Å². The zero-order valence-electron chi connectivity index (χ0n) is 12.6. The van der Waals surface area contributed by atoms with E-state index in [9.17, 15) is 24.8 Å². The number of carboxylic acid groups (broad SMARTS) is 2. The summed E-state index contributed by atoms with van der Waals surface area (Å²) in [5, 5.41) is 42.6. The zero-order chi connectivity index (χ0) is 18.3. The Labute approximate surface area is 135 Å². The normalized spacial score (nSPS) is 10.5. The predicted octanol–water partition coefficient (Wildman–Crippen LogP) is 0.504. The summed E-state index contributed by atoms with van der Waals surface area (Å²) in [6.45, 7) is 0.436. The number of aliphatic carboxylic acids is 2. The maximum absolute atomic E-state index is 10.9. The monoisotopic (exact) mass is 341 g/mol. The Kier molecular flexibility index (Phi) is 6.47. The van der Waals surface area contributed by atoms with Crippen LogP contribution in [0.2, 0.25) is 0 Å². The van der Waals surface area contributed by atoms with Crippen molar-refractivity contribution in [3.05, 3.63) is 27.8 Å². The Morgan fingerprint density at radius 3 is 2.38 bits per heavy atom. The smallest absolute Gasteiger partial charge is 0.324 e. The van der Waals surface area contributed by atoms with Gasteiger partial charge in [0.05, 0.1) is 17.7 Å². The molecule has 0 radical (unpaired) electrons. The summed E-state index contributed by atoms with van der Waals surface area (Å²) in [7, 11) is 0. The first-order valence-corrected chi connectivity index (χ1v) is 6.61. The average molecular weight is 341 g/mol. The van der Waals surface area contributed by atoms with Crippen molar-refractivity contribution in [2.45, 2.75) is 6.92 Å². The molecule has 0 bridgehead atoms. The Balaban J connectivity index is 3.16. The summed E-state index contributed by atoms with van der Waals surface area (Å²) in [6.07, 6.45) is 1.04. The number of aromatic hydroxyl groups is 1. The zero-order valence-corrected chi connectivity index (χ0v) is 12.6. The SMILES string of the molecule is CCOc1cc(/C=N\N(CC(=O)O)CC(=O)O)cc([N+](=O)[O-])c1O. The number of benzene rings is 1. The first-order valence-electron chi connectivity index (χ1n) is 6.61. The number of nitrogens with zero attached hydrogens (tertiary/aromatic N) is 3. The lowest BCUT2D eigenvalue weighted by Gasteiger charge is -2.13. The number of phenolic OH excluding ortho intramolecular Hbond substituents is 1. The average Bonchev–Trinajstić information content (AvgIpc) is 2.46. The van der Waals surface area contributed by atoms with Crippen LogP contribution in [0.3, 0.4) is 0 Å². The highest BCUT2D eigenvalue weighted by molar-refractivity contribution is 5.83. The standard InChI is InChI=1S/C13H15N3O8/c1-2-24-10-4-8(3-9(13(10)21)16(22)23)5-14-15(6-11(17)18)7-12(19)20/h3-5,21H,2,6-7H2,1H3,(H,17,18)(H,19,20)/b14-5-. The number of carboxylic acids is 2. The number of hydrogen-bond donors (Lipinski definition) is 3. The van der Waals surface area contributed by atoms with E-state index in [0.717, 1.165) is 17.3 Å². The summed E-state index contributed by atoms with van der Waals surface area (Å²) >= 11 is 0. The van der Waals surface area contributed by atoms with E-state index in [1.165, 1.54) is 6.07 Å². The molecule has 0 heterocycles. The first-order chi connectivity index (χ1) is 11.2.